The molecule has 0 aromatic heterocycles. The summed E-state index contributed by atoms with van der Waals surface area (Å²) in [5, 5.41) is 6.31. The van der Waals surface area contributed by atoms with Crippen LogP contribution in [0.4, 0.5) is 10.5 Å². The van der Waals surface area contributed by atoms with Crippen molar-refractivity contribution in [2.24, 2.45) is 0 Å². The molecule has 1 heterocycles. The van der Waals surface area contributed by atoms with Crippen molar-refractivity contribution < 1.29 is 9.53 Å². The van der Waals surface area contributed by atoms with E-state index in [1.54, 1.807) is 0 Å². The Hall–Kier alpha value is -3.75. The molecular weight excluding hydrogens is 422 g/mol. The monoisotopic (exact) mass is 451 g/mol. The highest BCUT2D eigenvalue weighted by atomic mass is 16.5. The van der Waals surface area contributed by atoms with Gasteiger partial charge in [0.15, 0.2) is 0 Å². The summed E-state index contributed by atoms with van der Waals surface area (Å²) in [6, 6.07) is 20.9. The number of fused-ring (bicyclic) bond motifs is 3. The number of carbonyl (C=O) groups is 1. The Kier molecular flexibility index (Phi) is 6.24. The molecule has 1 saturated heterocycles. The number of rotatable bonds is 5. The van der Waals surface area contributed by atoms with Crippen LogP contribution in [-0.4, -0.2) is 38.9 Å². The number of nitrogens with one attached hydrogen (secondary N) is 2. The fourth-order valence-corrected chi connectivity index (χ4v) is 5.01. The SMILES string of the molecule is C#Cc1cc(N2CCNCC2)cc(CNC(=O)OCC2c3ccccc3-c3ccccc32)c1C. The zero-order valence-electron chi connectivity index (χ0n) is 19.4. The molecule has 5 nitrogen and oxygen atoms in total. The van der Waals surface area contributed by atoms with Crippen molar-refractivity contribution in [3.8, 4) is 23.5 Å². The van der Waals surface area contributed by atoms with Crippen molar-refractivity contribution in [3.05, 3.63) is 88.5 Å². The second kappa shape index (κ2) is 9.62. The van der Waals surface area contributed by atoms with Gasteiger partial charge in [-0.1, -0.05) is 54.5 Å². The number of nitrogens with zero attached hydrogens (tertiary/aromatic N) is 1. The number of benzene rings is 3. The Morgan fingerprint density at radius 2 is 1.74 bits per heavy atom. The third kappa shape index (κ3) is 4.25. The predicted octanol–water partition coefficient (Wildman–Crippen LogP) is 4.42. The topological polar surface area (TPSA) is 53.6 Å². The van der Waals surface area contributed by atoms with Crippen LogP contribution in [0, 0.1) is 19.3 Å². The second-order valence-electron chi connectivity index (χ2n) is 8.84. The largest absolute Gasteiger partial charge is 0.449 e. The lowest BCUT2D eigenvalue weighted by Crippen LogP contribution is -2.43. The van der Waals surface area contributed by atoms with Crippen LogP contribution < -0.4 is 15.5 Å². The minimum Gasteiger partial charge on any atom is -0.449 e. The summed E-state index contributed by atoms with van der Waals surface area (Å²) < 4.78 is 5.70. The first-order chi connectivity index (χ1) is 16.7. The van der Waals surface area contributed by atoms with Crippen molar-refractivity contribution in [2.45, 2.75) is 19.4 Å². The molecule has 1 aliphatic carbocycles. The lowest BCUT2D eigenvalue weighted by atomic mass is 9.98. The van der Waals surface area contributed by atoms with Gasteiger partial charge in [-0.3, -0.25) is 0 Å². The van der Waals surface area contributed by atoms with Crippen LogP contribution in [0.2, 0.25) is 0 Å². The first-order valence-corrected chi connectivity index (χ1v) is 11.8. The summed E-state index contributed by atoms with van der Waals surface area (Å²) in [6.07, 6.45) is 5.36. The Labute approximate surface area is 201 Å². The molecule has 5 heteroatoms. The minimum atomic E-state index is -0.420. The van der Waals surface area contributed by atoms with E-state index in [0.717, 1.165) is 48.6 Å². The zero-order chi connectivity index (χ0) is 23.5. The Morgan fingerprint density at radius 1 is 1.09 bits per heavy atom. The quantitative estimate of drug-likeness (QED) is 0.564. The Bertz CT molecular complexity index is 1210. The summed E-state index contributed by atoms with van der Waals surface area (Å²) in [7, 11) is 0. The molecule has 0 saturated carbocycles. The number of amides is 1. The number of terminal acetylenes is 1. The smallest absolute Gasteiger partial charge is 0.407 e. The predicted molar refractivity (Wildman–Crippen MR) is 136 cm³/mol. The van der Waals surface area contributed by atoms with Crippen molar-refractivity contribution >= 4 is 11.8 Å². The molecule has 1 amide bonds. The van der Waals surface area contributed by atoms with Gasteiger partial charge in [0.1, 0.15) is 6.61 Å². The average Bonchev–Trinajstić information content (AvgIpc) is 3.21. The van der Waals surface area contributed by atoms with Crippen molar-refractivity contribution in [1.82, 2.24) is 10.6 Å². The van der Waals surface area contributed by atoms with E-state index in [2.05, 4.69) is 57.9 Å². The standard InChI is InChI=1S/C29H29N3O2/c1-3-21-16-23(32-14-12-30-13-15-32)17-22(20(21)2)18-31-29(33)34-19-28-26-10-6-4-8-24(26)25-9-5-7-11-27(25)28/h1,4-11,16-17,28,30H,12-15,18-19H2,2H3,(H,31,33). The molecule has 0 unspecified atom stereocenters. The number of anilines is 1. The van der Waals surface area contributed by atoms with E-state index in [9.17, 15) is 4.79 Å². The van der Waals surface area contributed by atoms with E-state index in [1.807, 2.05) is 31.2 Å². The lowest BCUT2D eigenvalue weighted by molar-refractivity contribution is 0.142. The van der Waals surface area contributed by atoms with E-state index in [1.165, 1.54) is 22.3 Å². The summed E-state index contributed by atoms with van der Waals surface area (Å²) in [5.41, 5.74) is 8.83. The third-order valence-corrected chi connectivity index (χ3v) is 6.90. The maximum absolute atomic E-state index is 12.7. The Morgan fingerprint density at radius 3 is 2.38 bits per heavy atom. The summed E-state index contributed by atoms with van der Waals surface area (Å²) in [6.45, 7) is 6.45. The molecule has 3 aromatic carbocycles. The summed E-state index contributed by atoms with van der Waals surface area (Å²) >= 11 is 0. The van der Waals surface area contributed by atoms with Crippen LogP contribution in [0.15, 0.2) is 60.7 Å². The van der Waals surface area contributed by atoms with Crippen LogP contribution in [-0.2, 0) is 11.3 Å². The van der Waals surface area contributed by atoms with Gasteiger partial charge >= 0.3 is 6.09 Å². The molecule has 2 aliphatic rings. The van der Waals surface area contributed by atoms with Gasteiger partial charge in [-0.25, -0.2) is 4.79 Å². The molecule has 172 valence electrons. The van der Waals surface area contributed by atoms with Gasteiger partial charge in [-0.15, -0.1) is 6.42 Å². The van der Waals surface area contributed by atoms with Gasteiger partial charge in [0.25, 0.3) is 0 Å². The number of carbonyl (C=O) groups excluding carboxylic acids is 1. The highest BCUT2D eigenvalue weighted by Crippen LogP contribution is 2.44. The van der Waals surface area contributed by atoms with Gasteiger partial charge in [0.2, 0.25) is 0 Å². The van der Waals surface area contributed by atoms with Crippen LogP contribution in [0.25, 0.3) is 11.1 Å². The number of ether oxygens (including phenoxy) is 1. The van der Waals surface area contributed by atoms with Gasteiger partial charge in [0, 0.05) is 49.9 Å². The van der Waals surface area contributed by atoms with E-state index in [4.69, 9.17) is 11.2 Å². The Balaban J connectivity index is 1.26. The van der Waals surface area contributed by atoms with Gasteiger partial charge in [0.05, 0.1) is 0 Å². The lowest BCUT2D eigenvalue weighted by Gasteiger charge is -2.30. The zero-order valence-corrected chi connectivity index (χ0v) is 19.4. The fraction of sp³-hybridized carbons (Fsp3) is 0.276. The summed E-state index contributed by atoms with van der Waals surface area (Å²) in [5.74, 6) is 2.84. The third-order valence-electron chi connectivity index (χ3n) is 6.90. The molecule has 34 heavy (non-hydrogen) atoms. The number of hydrogen-bond donors (Lipinski definition) is 2. The maximum atomic E-state index is 12.7. The first kappa shape index (κ1) is 22.1. The van der Waals surface area contributed by atoms with Gasteiger partial charge < -0.3 is 20.3 Å². The second-order valence-corrected chi connectivity index (χ2v) is 8.84. The molecule has 2 N–H and O–H groups in total. The summed E-state index contributed by atoms with van der Waals surface area (Å²) in [4.78, 5) is 15.0. The van der Waals surface area contributed by atoms with E-state index in [-0.39, 0.29) is 5.92 Å². The van der Waals surface area contributed by atoms with Crippen molar-refractivity contribution in [3.63, 3.8) is 0 Å². The van der Waals surface area contributed by atoms with Gasteiger partial charge in [-0.2, -0.15) is 0 Å². The van der Waals surface area contributed by atoms with Crippen molar-refractivity contribution in [1.29, 1.82) is 0 Å². The fourth-order valence-electron chi connectivity index (χ4n) is 5.01. The molecule has 3 aromatic rings. The molecule has 1 aliphatic heterocycles. The number of hydrogen-bond acceptors (Lipinski definition) is 4. The minimum absolute atomic E-state index is 0.0453. The molecule has 0 radical (unpaired) electrons. The van der Waals surface area contributed by atoms with Gasteiger partial charge in [-0.05, 0) is 52.4 Å². The molecular formula is C29H29N3O2. The number of piperazine rings is 1. The van der Waals surface area contributed by atoms with E-state index >= 15 is 0 Å². The normalized spacial score (nSPS) is 14.8. The number of alkyl carbamates (subject to hydrolysis) is 1. The van der Waals surface area contributed by atoms with Crippen LogP contribution in [0.5, 0.6) is 0 Å². The van der Waals surface area contributed by atoms with E-state index in [0.29, 0.717) is 13.2 Å². The van der Waals surface area contributed by atoms with Crippen LogP contribution in [0.3, 0.4) is 0 Å². The first-order valence-electron chi connectivity index (χ1n) is 11.8. The van der Waals surface area contributed by atoms with E-state index < -0.39 is 6.09 Å². The maximum Gasteiger partial charge on any atom is 0.407 e. The van der Waals surface area contributed by atoms with Crippen LogP contribution >= 0.6 is 0 Å². The highest BCUT2D eigenvalue weighted by Gasteiger charge is 2.29. The molecule has 0 bridgehead atoms. The van der Waals surface area contributed by atoms with Crippen LogP contribution in [0.1, 0.15) is 33.7 Å². The molecule has 5 rings (SSSR count). The average molecular weight is 452 g/mol. The van der Waals surface area contributed by atoms with Crippen molar-refractivity contribution in [2.75, 3.05) is 37.7 Å². The molecule has 0 spiro atoms. The molecule has 1 fully saturated rings. The molecule has 0 atom stereocenters. The highest BCUT2D eigenvalue weighted by molar-refractivity contribution is 5.79.